The van der Waals surface area contributed by atoms with Gasteiger partial charge in [0.05, 0.1) is 22.7 Å². The summed E-state index contributed by atoms with van der Waals surface area (Å²) in [5.41, 5.74) is 1.04. The molecule has 0 spiro atoms. The summed E-state index contributed by atoms with van der Waals surface area (Å²) in [4.78, 5) is 58.9. The first-order valence-electron chi connectivity index (χ1n) is 9.07. The van der Waals surface area contributed by atoms with Crippen LogP contribution in [-0.4, -0.2) is 40.1 Å². The van der Waals surface area contributed by atoms with Crippen molar-refractivity contribution in [1.29, 1.82) is 0 Å². The summed E-state index contributed by atoms with van der Waals surface area (Å²) in [6.07, 6.45) is 0.420. The molecule has 0 aliphatic carbocycles. The molecule has 0 aromatic heterocycles. The zero-order chi connectivity index (χ0) is 22.5. The van der Waals surface area contributed by atoms with Crippen molar-refractivity contribution in [2.45, 2.75) is 19.4 Å². The third-order valence-corrected chi connectivity index (χ3v) is 5.11. The van der Waals surface area contributed by atoms with Crippen LogP contribution in [0.5, 0.6) is 0 Å². The summed E-state index contributed by atoms with van der Waals surface area (Å²) in [5.74, 6) is -1.79. The molecule has 3 amide bonds. The van der Waals surface area contributed by atoms with Crippen LogP contribution in [0.15, 0.2) is 46.9 Å². The van der Waals surface area contributed by atoms with Gasteiger partial charge in [-0.05, 0) is 39.7 Å². The number of nitrogens with one attached hydrogen (secondary N) is 1. The Morgan fingerprint density at radius 3 is 2.32 bits per heavy atom. The minimum absolute atomic E-state index is 0.138. The SMILES string of the molecule is O=C(COC(=O)c1ccc(CN2C(=O)CCC2=O)cc1)Nc1ccc([N+](=O)[O-])cc1Br. The van der Waals surface area contributed by atoms with Crippen molar-refractivity contribution in [1.82, 2.24) is 4.90 Å². The van der Waals surface area contributed by atoms with E-state index in [2.05, 4.69) is 21.2 Å². The van der Waals surface area contributed by atoms with Crippen LogP contribution in [0.25, 0.3) is 0 Å². The van der Waals surface area contributed by atoms with Crippen LogP contribution in [0.2, 0.25) is 0 Å². The van der Waals surface area contributed by atoms with Crippen LogP contribution in [0.1, 0.15) is 28.8 Å². The van der Waals surface area contributed by atoms with Crippen LogP contribution in [-0.2, 0) is 25.7 Å². The number of likely N-dealkylation sites (tertiary alicyclic amines) is 1. The standard InChI is InChI=1S/C20H16BrN3O7/c21-15-9-14(24(29)30)5-6-16(15)22-17(25)11-31-20(28)13-3-1-12(2-4-13)10-23-18(26)7-8-19(23)27/h1-6,9H,7-8,10-11H2,(H,22,25). The van der Waals surface area contributed by atoms with Crippen LogP contribution >= 0.6 is 15.9 Å². The highest BCUT2D eigenvalue weighted by Gasteiger charge is 2.28. The number of carbonyl (C=O) groups excluding carboxylic acids is 4. The number of benzene rings is 2. The van der Waals surface area contributed by atoms with Gasteiger partial charge in [-0.2, -0.15) is 0 Å². The third kappa shape index (κ3) is 5.51. The van der Waals surface area contributed by atoms with E-state index in [-0.39, 0.29) is 42.5 Å². The largest absolute Gasteiger partial charge is 0.452 e. The van der Waals surface area contributed by atoms with Gasteiger partial charge < -0.3 is 10.1 Å². The van der Waals surface area contributed by atoms with Gasteiger partial charge in [-0.25, -0.2) is 4.79 Å². The highest BCUT2D eigenvalue weighted by Crippen LogP contribution is 2.27. The Bertz CT molecular complexity index is 1050. The second-order valence-electron chi connectivity index (χ2n) is 6.62. The summed E-state index contributed by atoms with van der Waals surface area (Å²) in [6.45, 7) is -0.416. The van der Waals surface area contributed by atoms with Gasteiger partial charge in [-0.3, -0.25) is 29.4 Å². The molecule has 3 rings (SSSR count). The zero-order valence-corrected chi connectivity index (χ0v) is 17.6. The van der Waals surface area contributed by atoms with E-state index in [1.165, 1.54) is 35.2 Å². The Balaban J connectivity index is 1.52. The minimum Gasteiger partial charge on any atom is -0.452 e. The number of anilines is 1. The lowest BCUT2D eigenvalue weighted by molar-refractivity contribution is -0.384. The number of esters is 1. The molecule has 2 aromatic rings. The predicted molar refractivity (Wildman–Crippen MR) is 111 cm³/mol. The van der Waals surface area contributed by atoms with Crippen molar-refractivity contribution in [3.8, 4) is 0 Å². The fraction of sp³-hybridized carbons (Fsp3) is 0.200. The molecule has 0 bridgehead atoms. The second kappa shape index (κ2) is 9.47. The van der Waals surface area contributed by atoms with Gasteiger partial charge in [-0.15, -0.1) is 0 Å². The summed E-state index contributed by atoms with van der Waals surface area (Å²) >= 11 is 3.13. The summed E-state index contributed by atoms with van der Waals surface area (Å²) in [6, 6.07) is 9.99. The Morgan fingerprint density at radius 1 is 1.10 bits per heavy atom. The molecule has 10 nitrogen and oxygen atoms in total. The van der Waals surface area contributed by atoms with Gasteiger partial charge in [0.2, 0.25) is 11.8 Å². The van der Waals surface area contributed by atoms with Crippen molar-refractivity contribution < 1.29 is 28.8 Å². The second-order valence-corrected chi connectivity index (χ2v) is 7.47. The number of halogens is 1. The molecule has 0 atom stereocenters. The fourth-order valence-electron chi connectivity index (χ4n) is 2.85. The lowest BCUT2D eigenvalue weighted by Gasteiger charge is -2.13. The molecule has 11 heteroatoms. The van der Waals surface area contributed by atoms with Crippen LogP contribution < -0.4 is 5.32 Å². The maximum Gasteiger partial charge on any atom is 0.338 e. The Labute approximate surface area is 184 Å². The molecule has 1 fully saturated rings. The summed E-state index contributed by atoms with van der Waals surface area (Å²) in [5, 5.41) is 13.2. The van der Waals surface area contributed by atoms with E-state index in [9.17, 15) is 29.3 Å². The molecular weight excluding hydrogens is 474 g/mol. The van der Waals surface area contributed by atoms with E-state index in [1.54, 1.807) is 12.1 Å². The lowest BCUT2D eigenvalue weighted by Crippen LogP contribution is -2.28. The molecule has 0 saturated carbocycles. The highest BCUT2D eigenvalue weighted by atomic mass is 79.9. The van der Waals surface area contributed by atoms with Crippen molar-refractivity contribution in [2.24, 2.45) is 0 Å². The number of carbonyl (C=O) groups is 4. The Kier molecular flexibility index (Phi) is 6.75. The van der Waals surface area contributed by atoms with Crippen LogP contribution in [0, 0.1) is 10.1 Å². The van der Waals surface area contributed by atoms with Crippen LogP contribution in [0.3, 0.4) is 0 Å². The quantitative estimate of drug-likeness (QED) is 0.273. The molecule has 1 aliphatic heterocycles. The number of amides is 3. The number of ether oxygens (including phenoxy) is 1. The predicted octanol–water partition coefficient (Wildman–Crippen LogP) is 2.80. The molecule has 0 unspecified atom stereocenters. The minimum atomic E-state index is -0.724. The van der Waals surface area contributed by atoms with Crippen molar-refractivity contribution >= 4 is 51.0 Å². The van der Waals surface area contributed by atoms with Gasteiger partial charge >= 0.3 is 5.97 Å². The van der Waals surface area contributed by atoms with E-state index in [0.717, 1.165) is 0 Å². The summed E-state index contributed by atoms with van der Waals surface area (Å²) in [7, 11) is 0. The molecule has 2 aromatic carbocycles. The maximum absolute atomic E-state index is 12.1. The van der Waals surface area contributed by atoms with Crippen molar-refractivity contribution in [3.05, 3.63) is 68.2 Å². The molecule has 0 radical (unpaired) electrons. The number of nitro benzene ring substituents is 1. The average Bonchev–Trinajstić information content (AvgIpc) is 3.06. The van der Waals surface area contributed by atoms with Gasteiger partial charge in [0.15, 0.2) is 6.61 Å². The number of rotatable bonds is 7. The van der Waals surface area contributed by atoms with E-state index >= 15 is 0 Å². The molecule has 1 N–H and O–H groups in total. The van der Waals surface area contributed by atoms with E-state index in [0.29, 0.717) is 15.7 Å². The first-order chi connectivity index (χ1) is 14.7. The number of nitro groups is 1. The van der Waals surface area contributed by atoms with Gasteiger partial charge in [0.1, 0.15) is 0 Å². The van der Waals surface area contributed by atoms with Crippen molar-refractivity contribution in [2.75, 3.05) is 11.9 Å². The average molecular weight is 490 g/mol. The monoisotopic (exact) mass is 489 g/mol. The van der Waals surface area contributed by atoms with Crippen LogP contribution in [0.4, 0.5) is 11.4 Å². The molecule has 1 aliphatic rings. The zero-order valence-electron chi connectivity index (χ0n) is 16.0. The normalized spacial score (nSPS) is 13.3. The van der Waals surface area contributed by atoms with Crippen molar-refractivity contribution in [3.63, 3.8) is 0 Å². The first-order valence-corrected chi connectivity index (χ1v) is 9.87. The number of nitrogens with zero attached hydrogens (tertiary/aromatic N) is 2. The van der Waals surface area contributed by atoms with Gasteiger partial charge in [0, 0.05) is 29.4 Å². The molecule has 1 heterocycles. The molecule has 1 saturated heterocycles. The molecule has 160 valence electrons. The van der Waals surface area contributed by atoms with E-state index in [1.807, 2.05) is 0 Å². The lowest BCUT2D eigenvalue weighted by atomic mass is 10.1. The smallest absolute Gasteiger partial charge is 0.338 e. The Morgan fingerprint density at radius 2 is 1.74 bits per heavy atom. The molecule has 31 heavy (non-hydrogen) atoms. The summed E-state index contributed by atoms with van der Waals surface area (Å²) < 4.78 is 5.29. The van der Waals surface area contributed by atoms with E-state index < -0.39 is 23.4 Å². The number of hydrogen-bond acceptors (Lipinski definition) is 7. The topological polar surface area (TPSA) is 136 Å². The maximum atomic E-state index is 12.1. The first kappa shape index (κ1) is 22.1. The molecular formula is C20H16BrN3O7. The van der Waals surface area contributed by atoms with Gasteiger partial charge in [0.25, 0.3) is 11.6 Å². The number of hydrogen-bond donors (Lipinski definition) is 1. The fourth-order valence-corrected chi connectivity index (χ4v) is 3.31. The van der Waals surface area contributed by atoms with Gasteiger partial charge in [-0.1, -0.05) is 12.1 Å². The number of non-ortho nitro benzene ring substituents is 1. The highest BCUT2D eigenvalue weighted by molar-refractivity contribution is 9.10. The number of imide groups is 1. The van der Waals surface area contributed by atoms with E-state index in [4.69, 9.17) is 4.74 Å². The third-order valence-electron chi connectivity index (χ3n) is 4.46. The Hall–Kier alpha value is -3.60.